The number of fused-ring (bicyclic) bond motifs is 1. The average Bonchev–Trinajstić information content (AvgIpc) is 2.72. The van der Waals surface area contributed by atoms with E-state index in [-0.39, 0.29) is 0 Å². The van der Waals surface area contributed by atoms with Crippen molar-refractivity contribution < 1.29 is 0 Å². The fraction of sp³-hybridized carbons (Fsp3) is 0.474. The van der Waals surface area contributed by atoms with Crippen LogP contribution >= 0.6 is 11.8 Å². The molecule has 2 aromatic rings. The number of benzene rings is 1. The van der Waals surface area contributed by atoms with E-state index in [1.54, 1.807) is 0 Å². The maximum atomic E-state index is 4.35. The van der Waals surface area contributed by atoms with Crippen LogP contribution in [0.2, 0.25) is 0 Å². The van der Waals surface area contributed by atoms with Crippen LogP contribution in [0.25, 0.3) is 0 Å². The summed E-state index contributed by atoms with van der Waals surface area (Å²) < 4.78 is 0. The van der Waals surface area contributed by atoms with E-state index in [1.807, 2.05) is 30.2 Å². The highest BCUT2D eigenvalue weighted by Gasteiger charge is 2.19. The van der Waals surface area contributed by atoms with Gasteiger partial charge in [0.1, 0.15) is 0 Å². The van der Waals surface area contributed by atoms with Gasteiger partial charge in [-0.05, 0) is 37.7 Å². The zero-order valence-electron chi connectivity index (χ0n) is 15.0. The predicted octanol–water partition coefficient (Wildman–Crippen LogP) is 2.12. The smallest absolute Gasteiger partial charge is 0.225 e. The van der Waals surface area contributed by atoms with E-state index in [0.29, 0.717) is 6.17 Å². The standard InChI is InChI=1S/C19H26N6S/c1-2-6-17-16(5-1)23-18(15-26-17)20-9-4-10-24-11-13-25(14-12-24)19-21-7-3-8-22-19/h1-3,5-8,18,20,23H,4,9-15H2. The van der Waals surface area contributed by atoms with Crippen molar-refractivity contribution in [1.29, 1.82) is 0 Å². The Morgan fingerprint density at radius 1 is 1.08 bits per heavy atom. The van der Waals surface area contributed by atoms with Gasteiger partial charge in [0.15, 0.2) is 0 Å². The number of aromatic nitrogens is 2. The van der Waals surface area contributed by atoms with E-state index in [0.717, 1.165) is 51.0 Å². The van der Waals surface area contributed by atoms with E-state index < -0.39 is 0 Å². The molecule has 1 atom stereocenters. The van der Waals surface area contributed by atoms with E-state index >= 15 is 0 Å². The molecule has 26 heavy (non-hydrogen) atoms. The van der Waals surface area contributed by atoms with E-state index in [1.165, 1.54) is 17.0 Å². The SMILES string of the molecule is c1cnc(N2CCN(CCCNC3CSc4ccccc4N3)CC2)nc1. The first-order valence-electron chi connectivity index (χ1n) is 9.34. The summed E-state index contributed by atoms with van der Waals surface area (Å²) in [5, 5.41) is 7.24. The van der Waals surface area contributed by atoms with Crippen LogP contribution < -0.4 is 15.5 Å². The molecular weight excluding hydrogens is 344 g/mol. The molecule has 0 radical (unpaired) electrons. The fourth-order valence-electron chi connectivity index (χ4n) is 3.43. The Kier molecular flexibility index (Phi) is 5.88. The number of hydrogen-bond donors (Lipinski definition) is 2. The fourth-order valence-corrected chi connectivity index (χ4v) is 4.43. The van der Waals surface area contributed by atoms with Crippen LogP contribution in [-0.4, -0.2) is 66.1 Å². The van der Waals surface area contributed by atoms with Crippen molar-refractivity contribution in [2.24, 2.45) is 0 Å². The second-order valence-corrected chi connectivity index (χ2v) is 7.75. The zero-order valence-corrected chi connectivity index (χ0v) is 15.8. The van der Waals surface area contributed by atoms with Crippen LogP contribution in [0.3, 0.4) is 0 Å². The number of rotatable bonds is 6. The van der Waals surface area contributed by atoms with Crippen molar-refractivity contribution in [2.45, 2.75) is 17.5 Å². The molecule has 4 rings (SSSR count). The van der Waals surface area contributed by atoms with Gasteiger partial charge in [-0.15, -0.1) is 11.8 Å². The minimum atomic E-state index is 0.363. The lowest BCUT2D eigenvalue weighted by molar-refractivity contribution is 0.252. The van der Waals surface area contributed by atoms with Gasteiger partial charge >= 0.3 is 0 Å². The quantitative estimate of drug-likeness (QED) is 0.756. The largest absolute Gasteiger partial charge is 0.368 e. The molecule has 0 saturated carbocycles. The maximum Gasteiger partial charge on any atom is 0.225 e. The summed E-state index contributed by atoms with van der Waals surface area (Å²) in [7, 11) is 0. The molecule has 1 saturated heterocycles. The molecule has 3 heterocycles. The minimum absolute atomic E-state index is 0.363. The van der Waals surface area contributed by atoms with Crippen molar-refractivity contribution in [1.82, 2.24) is 20.2 Å². The molecule has 7 heteroatoms. The summed E-state index contributed by atoms with van der Waals surface area (Å²) >= 11 is 1.93. The molecular formula is C19H26N6S. The molecule has 2 aliphatic rings. The van der Waals surface area contributed by atoms with Gasteiger partial charge in [0.05, 0.1) is 6.17 Å². The molecule has 2 N–H and O–H groups in total. The summed E-state index contributed by atoms with van der Waals surface area (Å²) in [6.07, 6.45) is 5.17. The van der Waals surface area contributed by atoms with Gasteiger partial charge in [-0.1, -0.05) is 12.1 Å². The first-order valence-corrected chi connectivity index (χ1v) is 10.3. The summed E-state index contributed by atoms with van der Waals surface area (Å²) in [6.45, 7) is 6.38. The molecule has 1 aromatic carbocycles. The molecule has 1 unspecified atom stereocenters. The summed E-state index contributed by atoms with van der Waals surface area (Å²) in [5.41, 5.74) is 1.25. The summed E-state index contributed by atoms with van der Waals surface area (Å²) in [6, 6.07) is 10.4. The van der Waals surface area contributed by atoms with Gasteiger partial charge < -0.3 is 10.2 Å². The molecule has 0 spiro atoms. The number of para-hydroxylation sites is 1. The Morgan fingerprint density at radius 3 is 2.73 bits per heavy atom. The first-order chi connectivity index (χ1) is 12.9. The molecule has 0 amide bonds. The summed E-state index contributed by atoms with van der Waals surface area (Å²) in [4.78, 5) is 14.9. The third-order valence-corrected chi connectivity index (χ3v) is 6.04. The molecule has 2 aliphatic heterocycles. The third-order valence-electron chi connectivity index (χ3n) is 4.87. The Hall–Kier alpha value is -1.83. The molecule has 1 fully saturated rings. The Balaban J connectivity index is 1.13. The highest BCUT2D eigenvalue weighted by atomic mass is 32.2. The molecule has 6 nitrogen and oxygen atoms in total. The minimum Gasteiger partial charge on any atom is -0.368 e. The van der Waals surface area contributed by atoms with Gasteiger partial charge in [0.25, 0.3) is 0 Å². The molecule has 138 valence electrons. The second-order valence-electron chi connectivity index (χ2n) is 6.69. The molecule has 0 bridgehead atoms. The van der Waals surface area contributed by atoms with Gasteiger partial charge in [-0.25, -0.2) is 9.97 Å². The highest BCUT2D eigenvalue weighted by molar-refractivity contribution is 7.99. The topological polar surface area (TPSA) is 56.3 Å². The highest BCUT2D eigenvalue weighted by Crippen LogP contribution is 2.31. The normalized spacial score (nSPS) is 20.5. The van der Waals surface area contributed by atoms with Gasteiger partial charge in [0.2, 0.25) is 5.95 Å². The van der Waals surface area contributed by atoms with Crippen molar-refractivity contribution in [3.05, 3.63) is 42.7 Å². The Labute approximate surface area is 159 Å². The lowest BCUT2D eigenvalue weighted by atomic mass is 10.3. The monoisotopic (exact) mass is 370 g/mol. The zero-order chi connectivity index (χ0) is 17.6. The Bertz CT molecular complexity index is 689. The van der Waals surface area contributed by atoms with Gasteiger partial charge in [0, 0.05) is 54.9 Å². The lowest BCUT2D eigenvalue weighted by Crippen LogP contribution is -2.48. The van der Waals surface area contributed by atoms with E-state index in [2.05, 4.69) is 54.7 Å². The first kappa shape index (κ1) is 17.6. The summed E-state index contributed by atoms with van der Waals surface area (Å²) in [5.74, 6) is 1.93. The van der Waals surface area contributed by atoms with Gasteiger partial charge in [-0.2, -0.15) is 0 Å². The number of thioether (sulfide) groups is 1. The van der Waals surface area contributed by atoms with E-state index in [9.17, 15) is 0 Å². The second kappa shape index (κ2) is 8.70. The number of anilines is 2. The molecule has 1 aromatic heterocycles. The number of nitrogens with one attached hydrogen (secondary N) is 2. The van der Waals surface area contributed by atoms with Crippen molar-refractivity contribution >= 4 is 23.4 Å². The van der Waals surface area contributed by atoms with Gasteiger partial charge in [-0.3, -0.25) is 10.2 Å². The predicted molar refractivity (Wildman–Crippen MR) is 108 cm³/mol. The van der Waals surface area contributed by atoms with Crippen molar-refractivity contribution in [2.75, 3.05) is 55.2 Å². The number of piperazine rings is 1. The average molecular weight is 371 g/mol. The number of hydrogen-bond acceptors (Lipinski definition) is 7. The molecule has 0 aliphatic carbocycles. The Morgan fingerprint density at radius 2 is 1.88 bits per heavy atom. The van der Waals surface area contributed by atoms with E-state index in [4.69, 9.17) is 0 Å². The van der Waals surface area contributed by atoms with Crippen LogP contribution in [0.4, 0.5) is 11.6 Å². The van der Waals surface area contributed by atoms with Crippen LogP contribution in [0.15, 0.2) is 47.6 Å². The van der Waals surface area contributed by atoms with Crippen LogP contribution in [0.5, 0.6) is 0 Å². The van der Waals surface area contributed by atoms with Crippen molar-refractivity contribution in [3.63, 3.8) is 0 Å². The van der Waals surface area contributed by atoms with Crippen LogP contribution in [-0.2, 0) is 0 Å². The number of nitrogens with zero attached hydrogens (tertiary/aromatic N) is 4. The third kappa shape index (κ3) is 4.47. The lowest BCUT2D eigenvalue weighted by Gasteiger charge is -2.34. The van der Waals surface area contributed by atoms with Crippen LogP contribution in [0, 0.1) is 0 Å². The maximum absolute atomic E-state index is 4.35. The van der Waals surface area contributed by atoms with Crippen LogP contribution in [0.1, 0.15) is 6.42 Å². The van der Waals surface area contributed by atoms with Crippen molar-refractivity contribution in [3.8, 4) is 0 Å².